The fraction of sp³-hybridized carbons (Fsp3) is 0.889. The molecule has 80 valence electrons. The molecule has 0 saturated heterocycles. The zero-order chi connectivity index (χ0) is 10.6. The van der Waals surface area contributed by atoms with Gasteiger partial charge in [-0.3, -0.25) is 4.79 Å². The number of carbonyl (C=O) groups is 1. The molecule has 0 amide bonds. The van der Waals surface area contributed by atoms with Gasteiger partial charge in [0.15, 0.2) is 0 Å². The maximum absolute atomic E-state index is 12.6. The van der Waals surface area contributed by atoms with Gasteiger partial charge in [0.2, 0.25) is 5.92 Å². The van der Waals surface area contributed by atoms with E-state index in [9.17, 15) is 13.6 Å². The minimum Gasteiger partial charge on any atom is -0.480 e. The molecule has 3 N–H and O–H groups in total. The fourth-order valence-electron chi connectivity index (χ4n) is 2.43. The van der Waals surface area contributed by atoms with Gasteiger partial charge in [0.05, 0.1) is 0 Å². The van der Waals surface area contributed by atoms with Crippen molar-refractivity contribution in [2.75, 3.05) is 0 Å². The average molecular weight is 205 g/mol. The molecule has 3 nitrogen and oxygen atoms in total. The van der Waals surface area contributed by atoms with Crippen molar-refractivity contribution in [1.82, 2.24) is 0 Å². The summed E-state index contributed by atoms with van der Waals surface area (Å²) in [6, 6.07) is -0.969. The third kappa shape index (κ3) is 1.30. The lowest BCUT2D eigenvalue weighted by Crippen LogP contribution is -2.50. The van der Waals surface area contributed by atoms with Crippen LogP contribution in [0.25, 0.3) is 0 Å². The lowest BCUT2D eigenvalue weighted by Gasteiger charge is -2.42. The van der Waals surface area contributed by atoms with Crippen LogP contribution in [0.4, 0.5) is 8.78 Å². The second-order valence-electron chi connectivity index (χ2n) is 4.51. The molecule has 2 saturated carbocycles. The number of hydrogen-bond acceptors (Lipinski definition) is 2. The highest BCUT2D eigenvalue weighted by molar-refractivity contribution is 5.75. The molecule has 2 aliphatic rings. The van der Waals surface area contributed by atoms with Gasteiger partial charge in [-0.1, -0.05) is 0 Å². The molecule has 1 unspecified atom stereocenters. The molecule has 0 heterocycles. The van der Waals surface area contributed by atoms with E-state index in [1.54, 1.807) is 0 Å². The van der Waals surface area contributed by atoms with E-state index in [1.807, 2.05) is 0 Å². The van der Waals surface area contributed by atoms with Gasteiger partial charge in [0, 0.05) is 12.8 Å². The number of rotatable bonds is 3. The van der Waals surface area contributed by atoms with Crippen molar-refractivity contribution in [3.63, 3.8) is 0 Å². The Labute approximate surface area is 80.3 Å². The minimum atomic E-state index is -2.58. The highest BCUT2D eigenvalue weighted by atomic mass is 19.3. The number of carboxylic acid groups (broad SMARTS) is 1. The molecule has 0 radical (unpaired) electrons. The van der Waals surface area contributed by atoms with Gasteiger partial charge in [-0.15, -0.1) is 0 Å². The third-order valence-corrected chi connectivity index (χ3v) is 3.62. The zero-order valence-corrected chi connectivity index (χ0v) is 7.67. The van der Waals surface area contributed by atoms with Gasteiger partial charge in [-0.05, 0) is 24.2 Å². The van der Waals surface area contributed by atoms with E-state index >= 15 is 0 Å². The standard InChI is InChI=1S/C9H13F2NO2/c10-9(11)3-5(4-9)8(1-2-8)6(12)7(13)14/h5-6H,1-4,12H2,(H,13,14). The molecule has 14 heavy (non-hydrogen) atoms. The molecule has 1 atom stereocenters. The Kier molecular flexibility index (Phi) is 1.86. The molecule has 2 aliphatic carbocycles. The summed E-state index contributed by atoms with van der Waals surface area (Å²) in [5, 5.41) is 8.74. The monoisotopic (exact) mass is 205 g/mol. The SMILES string of the molecule is NC(C(=O)O)C1(C2CC(F)(F)C2)CC1. The predicted molar refractivity (Wildman–Crippen MR) is 44.9 cm³/mol. The third-order valence-electron chi connectivity index (χ3n) is 3.62. The summed E-state index contributed by atoms with van der Waals surface area (Å²) < 4.78 is 25.2. The average Bonchev–Trinajstić information content (AvgIpc) is 2.78. The first-order chi connectivity index (χ1) is 6.37. The maximum atomic E-state index is 12.6. The first kappa shape index (κ1) is 9.83. The molecule has 2 rings (SSSR count). The summed E-state index contributed by atoms with van der Waals surface area (Å²) in [7, 11) is 0. The maximum Gasteiger partial charge on any atom is 0.321 e. The van der Waals surface area contributed by atoms with E-state index in [4.69, 9.17) is 10.8 Å². The minimum absolute atomic E-state index is 0.187. The number of carboxylic acids is 1. The summed E-state index contributed by atoms with van der Waals surface area (Å²) in [5.41, 5.74) is 4.99. The van der Waals surface area contributed by atoms with Gasteiger partial charge in [-0.25, -0.2) is 8.78 Å². The first-order valence-corrected chi connectivity index (χ1v) is 4.74. The van der Waals surface area contributed by atoms with Gasteiger partial charge in [0.1, 0.15) is 6.04 Å². The van der Waals surface area contributed by atoms with Crippen LogP contribution in [0.3, 0.4) is 0 Å². The van der Waals surface area contributed by atoms with E-state index in [-0.39, 0.29) is 18.8 Å². The van der Waals surface area contributed by atoms with E-state index in [0.29, 0.717) is 12.8 Å². The second-order valence-corrected chi connectivity index (χ2v) is 4.51. The van der Waals surface area contributed by atoms with E-state index in [0.717, 1.165) is 0 Å². The number of halogens is 2. The Bertz CT molecular complexity index is 268. The van der Waals surface area contributed by atoms with Crippen LogP contribution >= 0.6 is 0 Å². The molecule has 2 fully saturated rings. The molecule has 0 bridgehead atoms. The Balaban J connectivity index is 2.01. The molecule has 0 aliphatic heterocycles. The highest BCUT2D eigenvalue weighted by Gasteiger charge is 2.63. The summed E-state index contributed by atoms with van der Waals surface area (Å²) >= 11 is 0. The van der Waals surface area contributed by atoms with Crippen LogP contribution in [0.2, 0.25) is 0 Å². The molecular weight excluding hydrogens is 192 g/mol. The van der Waals surface area contributed by atoms with Crippen molar-refractivity contribution in [3.05, 3.63) is 0 Å². The van der Waals surface area contributed by atoms with Crippen LogP contribution in [0.1, 0.15) is 25.7 Å². The molecule has 0 aromatic carbocycles. The smallest absolute Gasteiger partial charge is 0.321 e. The first-order valence-electron chi connectivity index (χ1n) is 4.74. The van der Waals surface area contributed by atoms with Crippen LogP contribution in [-0.2, 0) is 4.79 Å². The van der Waals surface area contributed by atoms with E-state index in [1.165, 1.54) is 0 Å². The molecule has 0 spiro atoms. The second kappa shape index (κ2) is 2.66. The van der Waals surface area contributed by atoms with Crippen molar-refractivity contribution in [2.45, 2.75) is 37.6 Å². The van der Waals surface area contributed by atoms with Crippen molar-refractivity contribution < 1.29 is 18.7 Å². The topological polar surface area (TPSA) is 63.3 Å². The Morgan fingerprint density at radius 2 is 1.93 bits per heavy atom. The summed E-state index contributed by atoms with van der Waals surface area (Å²) in [6.07, 6.45) is 0.990. The summed E-state index contributed by atoms with van der Waals surface area (Å²) in [6.45, 7) is 0. The number of hydrogen-bond donors (Lipinski definition) is 2. The fourth-order valence-corrected chi connectivity index (χ4v) is 2.43. The van der Waals surface area contributed by atoms with E-state index in [2.05, 4.69) is 0 Å². The zero-order valence-electron chi connectivity index (χ0n) is 7.67. The molecule has 0 aromatic heterocycles. The normalized spacial score (nSPS) is 30.5. The highest BCUT2D eigenvalue weighted by Crippen LogP contribution is 2.63. The van der Waals surface area contributed by atoms with Gasteiger partial charge in [0.25, 0.3) is 0 Å². The van der Waals surface area contributed by atoms with Crippen LogP contribution in [0, 0.1) is 11.3 Å². The van der Waals surface area contributed by atoms with Crippen LogP contribution < -0.4 is 5.73 Å². The van der Waals surface area contributed by atoms with Crippen molar-refractivity contribution in [3.8, 4) is 0 Å². The Hall–Kier alpha value is -0.710. The van der Waals surface area contributed by atoms with Gasteiger partial charge >= 0.3 is 5.97 Å². The lowest BCUT2D eigenvalue weighted by atomic mass is 9.68. The lowest BCUT2D eigenvalue weighted by molar-refractivity contribution is -0.152. The number of alkyl halides is 2. The summed E-state index contributed by atoms with van der Waals surface area (Å²) in [5.74, 6) is -3.85. The molecule has 0 aromatic rings. The van der Waals surface area contributed by atoms with E-state index < -0.39 is 23.3 Å². The van der Waals surface area contributed by atoms with Crippen molar-refractivity contribution in [1.29, 1.82) is 0 Å². The summed E-state index contributed by atoms with van der Waals surface area (Å²) in [4.78, 5) is 10.7. The number of aliphatic carboxylic acids is 1. The number of nitrogens with two attached hydrogens (primary N) is 1. The Morgan fingerprint density at radius 1 is 1.43 bits per heavy atom. The van der Waals surface area contributed by atoms with Gasteiger partial charge < -0.3 is 10.8 Å². The van der Waals surface area contributed by atoms with Crippen molar-refractivity contribution in [2.24, 2.45) is 17.1 Å². The largest absolute Gasteiger partial charge is 0.480 e. The van der Waals surface area contributed by atoms with Crippen LogP contribution in [0.15, 0.2) is 0 Å². The van der Waals surface area contributed by atoms with Gasteiger partial charge in [-0.2, -0.15) is 0 Å². The van der Waals surface area contributed by atoms with Crippen LogP contribution in [-0.4, -0.2) is 23.0 Å². The van der Waals surface area contributed by atoms with Crippen molar-refractivity contribution >= 4 is 5.97 Å². The van der Waals surface area contributed by atoms with Crippen LogP contribution in [0.5, 0.6) is 0 Å². The predicted octanol–water partition coefficient (Wildman–Crippen LogP) is 1.22. The molecular formula is C9H13F2NO2. The Morgan fingerprint density at radius 3 is 2.21 bits per heavy atom. The quantitative estimate of drug-likeness (QED) is 0.728. The molecule has 5 heteroatoms.